The van der Waals surface area contributed by atoms with Crippen LogP contribution in [-0.2, 0) is 42.4 Å². The minimum atomic E-state index is -2.01. The highest BCUT2D eigenvalue weighted by atomic mass is 28.4. The van der Waals surface area contributed by atoms with Gasteiger partial charge >= 0.3 is 11.9 Å². The number of carbonyl (C=O) groups excluding carboxylic acids is 2. The molecule has 0 N–H and O–H groups in total. The lowest BCUT2D eigenvalue weighted by molar-refractivity contribution is -0.172. The molecule has 53 heavy (non-hydrogen) atoms. The highest BCUT2D eigenvalue weighted by Gasteiger charge is 2.61. The molecule has 2 heterocycles. The van der Waals surface area contributed by atoms with Crippen molar-refractivity contribution >= 4 is 28.3 Å². The van der Waals surface area contributed by atoms with Gasteiger partial charge in [0.2, 0.25) is 0 Å². The summed E-state index contributed by atoms with van der Waals surface area (Å²) < 4.78 is 43.0. The first-order valence-electron chi connectivity index (χ1n) is 20.0. The molecular formula is C42H68O9Si2. The van der Waals surface area contributed by atoms with Crippen molar-refractivity contribution in [1.82, 2.24) is 0 Å². The Bertz CT molecular complexity index is 1480. The van der Waals surface area contributed by atoms with Gasteiger partial charge in [0, 0.05) is 32.5 Å². The molecule has 11 heteroatoms. The smallest absolute Gasteiger partial charge is 0.379 e. The zero-order valence-electron chi connectivity index (χ0n) is 34.7. The minimum absolute atomic E-state index is 0.0145. The molecule has 0 saturated heterocycles. The normalized spacial score (nSPS) is 34.8. The molecule has 9 nitrogen and oxygen atoms in total. The fourth-order valence-corrected chi connectivity index (χ4v) is 12.3. The molecule has 0 unspecified atom stereocenters. The number of hydrogen-bond donors (Lipinski definition) is 0. The summed E-state index contributed by atoms with van der Waals surface area (Å²) in [6.07, 6.45) is 15.8. The Labute approximate surface area is 321 Å². The summed E-state index contributed by atoms with van der Waals surface area (Å²) >= 11 is 0. The first-order chi connectivity index (χ1) is 24.8. The number of carbonyl (C=O) groups is 2. The molecule has 2 aliphatic heterocycles. The van der Waals surface area contributed by atoms with Crippen molar-refractivity contribution in [1.29, 1.82) is 0 Å². The molecule has 2 bridgehead atoms. The number of esters is 2. The van der Waals surface area contributed by atoms with E-state index < -0.39 is 39.3 Å². The van der Waals surface area contributed by atoms with Crippen LogP contribution in [0.1, 0.15) is 86.0 Å². The third kappa shape index (κ3) is 8.26. The summed E-state index contributed by atoms with van der Waals surface area (Å²) in [6, 6.07) is 0. The van der Waals surface area contributed by atoms with Gasteiger partial charge in [0.1, 0.15) is 6.79 Å². The Hall–Kier alpha value is -2.03. The highest BCUT2D eigenvalue weighted by molar-refractivity contribution is 6.83. The highest BCUT2D eigenvalue weighted by Crippen LogP contribution is 2.58. The van der Waals surface area contributed by atoms with Gasteiger partial charge in [0.25, 0.3) is 5.76 Å². The van der Waals surface area contributed by atoms with Gasteiger partial charge in [-0.05, 0) is 80.5 Å². The van der Waals surface area contributed by atoms with E-state index in [1.54, 1.807) is 14.2 Å². The fraction of sp³-hybridized carbons (Fsp3) is 0.762. The maximum atomic E-state index is 15.1. The number of ether oxygens (including phenoxy) is 6. The zero-order chi connectivity index (χ0) is 39.0. The summed E-state index contributed by atoms with van der Waals surface area (Å²) in [5.41, 5.74) is -0.901. The third-order valence-corrected chi connectivity index (χ3v) is 20.2. The van der Waals surface area contributed by atoms with Crippen molar-refractivity contribution in [3.63, 3.8) is 0 Å². The second-order valence-corrected chi connectivity index (χ2v) is 28.8. The lowest BCUT2D eigenvalue weighted by Gasteiger charge is -2.54. The van der Waals surface area contributed by atoms with Crippen molar-refractivity contribution in [3.8, 4) is 0 Å². The van der Waals surface area contributed by atoms with Gasteiger partial charge in [-0.2, -0.15) is 0 Å². The van der Waals surface area contributed by atoms with Crippen molar-refractivity contribution in [2.24, 2.45) is 35.0 Å². The number of hydrogen-bond acceptors (Lipinski definition) is 9. The molecule has 0 aromatic heterocycles. The average Bonchev–Trinajstić information content (AvgIpc) is 3.32. The average molecular weight is 773 g/mol. The van der Waals surface area contributed by atoms with Gasteiger partial charge in [0.15, 0.2) is 26.5 Å². The van der Waals surface area contributed by atoms with Crippen molar-refractivity contribution < 1.29 is 42.4 Å². The van der Waals surface area contributed by atoms with Gasteiger partial charge in [-0.1, -0.05) is 89.7 Å². The second kappa shape index (κ2) is 16.2. The molecular weight excluding hydrogens is 705 g/mol. The molecule has 1 spiro atoms. The largest absolute Gasteiger partial charge is 0.463 e. The van der Waals surface area contributed by atoms with E-state index in [0.29, 0.717) is 13.0 Å². The first-order valence-corrected chi connectivity index (χ1v) is 26.4. The summed E-state index contributed by atoms with van der Waals surface area (Å²) in [4.78, 5) is 29.2. The van der Waals surface area contributed by atoms with Crippen molar-refractivity contribution in [2.45, 2.75) is 135 Å². The Kier molecular flexibility index (Phi) is 12.9. The molecule has 3 aliphatic carbocycles. The fourth-order valence-electron chi connectivity index (χ4n) is 9.30. The van der Waals surface area contributed by atoms with Crippen molar-refractivity contribution in [2.75, 3.05) is 34.4 Å². The lowest BCUT2D eigenvalue weighted by atomic mass is 9.54. The maximum absolute atomic E-state index is 15.1. The monoisotopic (exact) mass is 772 g/mol. The summed E-state index contributed by atoms with van der Waals surface area (Å²) in [7, 11) is -0.642. The molecule has 0 aromatic rings. The van der Waals surface area contributed by atoms with E-state index in [1.165, 1.54) is 10.8 Å². The molecule has 1 saturated carbocycles. The van der Waals surface area contributed by atoms with Crippen LogP contribution in [-0.4, -0.2) is 74.4 Å². The SMILES string of the molecule is COCOC1=C2OC(=O)[C@@]3(C)[C@@H]4CCC[C@H](OCOC)[C@H]4C([Si](C)(C)C)=C[C@H]3CCCC/C=C/[C@@H]3C=C(CO[Si](C)(C)C(C)(C)C)[C@H](C)C[C@@]13OC2=O. The summed E-state index contributed by atoms with van der Waals surface area (Å²) in [5, 5.41) is 1.55. The van der Waals surface area contributed by atoms with Crippen LogP contribution in [0.25, 0.3) is 0 Å². The zero-order valence-corrected chi connectivity index (χ0v) is 36.7. The third-order valence-electron chi connectivity index (χ3n) is 13.5. The Morgan fingerprint density at radius 3 is 2.32 bits per heavy atom. The van der Waals surface area contributed by atoms with Crippen LogP contribution in [0.15, 0.2) is 46.6 Å². The van der Waals surface area contributed by atoms with Crippen LogP contribution in [0.3, 0.4) is 0 Å². The molecule has 0 radical (unpaired) electrons. The standard InChI is InChI=1S/C42H68O9Si2/c1-28-24-42-31(22-29(28)25-49-53(11,12)40(2,3)4)19-16-14-13-15-18-30-23-34(52(8,9)10)35-32(20-17-21-33(35)47-26-45-6)41(30,5)39(44)50-36(38(43)51-42)37(42)48-27-46-7/h16,19,22-23,28,30-33,35H,13-15,17-18,20-21,24-27H2,1-12H3/b19-16+/t28-,30-,31-,32-,33+,35+,41-,42+/m1/s1. The van der Waals surface area contributed by atoms with Gasteiger partial charge in [-0.15, -0.1) is 0 Å². The van der Waals surface area contributed by atoms with Crippen LogP contribution in [0.4, 0.5) is 0 Å². The molecule has 0 amide bonds. The Balaban J connectivity index is 1.61. The topological polar surface area (TPSA) is 98.8 Å². The molecule has 5 aliphatic rings. The number of allylic oxidation sites excluding steroid dienone is 2. The van der Waals surface area contributed by atoms with Crippen LogP contribution in [0.2, 0.25) is 37.8 Å². The number of rotatable bonds is 10. The summed E-state index contributed by atoms with van der Waals surface area (Å²) in [5.74, 6) is -1.29. The van der Waals surface area contributed by atoms with Crippen LogP contribution in [0.5, 0.6) is 0 Å². The van der Waals surface area contributed by atoms with Gasteiger partial charge in [0.05, 0.1) is 26.2 Å². The van der Waals surface area contributed by atoms with Gasteiger partial charge in [-0.3, -0.25) is 4.79 Å². The number of fused-ring (bicyclic) bond motifs is 3. The Morgan fingerprint density at radius 1 is 0.943 bits per heavy atom. The quantitative estimate of drug-likeness (QED) is 0.0932. The Morgan fingerprint density at radius 2 is 1.66 bits per heavy atom. The molecule has 5 rings (SSSR count). The first kappa shape index (κ1) is 42.1. The predicted molar refractivity (Wildman–Crippen MR) is 212 cm³/mol. The van der Waals surface area contributed by atoms with Crippen LogP contribution in [0, 0.1) is 35.0 Å². The van der Waals surface area contributed by atoms with Gasteiger partial charge in [-0.25, -0.2) is 4.79 Å². The number of methoxy groups -OCH3 is 2. The van der Waals surface area contributed by atoms with E-state index in [0.717, 1.165) is 44.9 Å². The predicted octanol–water partition coefficient (Wildman–Crippen LogP) is 9.24. The summed E-state index contributed by atoms with van der Waals surface area (Å²) in [6.45, 7) is 23.3. The van der Waals surface area contributed by atoms with E-state index in [2.05, 4.69) is 91.7 Å². The van der Waals surface area contributed by atoms with Crippen molar-refractivity contribution in [3.05, 3.63) is 46.6 Å². The molecule has 1 fully saturated rings. The van der Waals surface area contributed by atoms with E-state index in [9.17, 15) is 4.79 Å². The maximum Gasteiger partial charge on any atom is 0.379 e. The molecule has 8 atom stereocenters. The van der Waals surface area contributed by atoms with Crippen LogP contribution < -0.4 is 0 Å². The lowest BCUT2D eigenvalue weighted by Crippen LogP contribution is -2.56. The molecule has 0 aromatic carbocycles. The van der Waals surface area contributed by atoms with E-state index in [1.807, 2.05) is 0 Å². The molecule has 298 valence electrons. The van der Waals surface area contributed by atoms with Gasteiger partial charge < -0.3 is 32.8 Å². The minimum Gasteiger partial charge on any atom is -0.463 e. The van der Waals surface area contributed by atoms with E-state index in [-0.39, 0.29) is 65.8 Å². The van der Waals surface area contributed by atoms with E-state index in [4.69, 9.17) is 32.8 Å². The second-order valence-electron chi connectivity index (χ2n) is 18.9. The van der Waals surface area contributed by atoms with E-state index >= 15 is 4.79 Å². The van der Waals surface area contributed by atoms with Crippen LogP contribution >= 0.6 is 0 Å².